The van der Waals surface area contributed by atoms with Gasteiger partial charge in [-0.1, -0.05) is 118 Å². The summed E-state index contributed by atoms with van der Waals surface area (Å²) in [6.45, 7) is 8.89. The number of hydrogen-bond donors (Lipinski definition) is 1. The summed E-state index contributed by atoms with van der Waals surface area (Å²) in [5.41, 5.74) is 0.993. The average Bonchev–Trinajstić information content (AvgIpc) is 2.84. The van der Waals surface area contributed by atoms with Gasteiger partial charge in [-0.3, -0.25) is 9.18 Å². The molecule has 0 bridgehead atoms. The molecule has 3 nitrogen and oxygen atoms in total. The third kappa shape index (κ3) is 12.0. The van der Waals surface area contributed by atoms with Crippen molar-refractivity contribution in [2.75, 3.05) is 6.67 Å². The van der Waals surface area contributed by atoms with Gasteiger partial charge < -0.3 is 0 Å². The molecule has 0 radical (unpaired) electrons. The van der Waals surface area contributed by atoms with E-state index in [1.165, 1.54) is 77.0 Å². The molecule has 0 saturated heterocycles. The van der Waals surface area contributed by atoms with E-state index in [1.807, 2.05) is 6.07 Å². The second kappa shape index (κ2) is 19.1. The average molecular weight is 479 g/mol. The van der Waals surface area contributed by atoms with E-state index in [0.29, 0.717) is 5.92 Å². The van der Waals surface area contributed by atoms with Crippen LogP contribution in [0.3, 0.4) is 0 Å². The number of aromatic amines is 1. The van der Waals surface area contributed by atoms with Gasteiger partial charge in [0, 0.05) is 11.5 Å². The van der Waals surface area contributed by atoms with Crippen molar-refractivity contribution in [1.82, 2.24) is 10.2 Å². The lowest BCUT2D eigenvalue weighted by atomic mass is 9.69. The van der Waals surface area contributed by atoms with Crippen LogP contribution < -0.4 is 5.56 Å². The minimum Gasteiger partial charge on any atom is -0.268 e. The minimum atomic E-state index is -0.182. The van der Waals surface area contributed by atoms with Crippen LogP contribution in [0.4, 0.5) is 4.39 Å². The van der Waals surface area contributed by atoms with Gasteiger partial charge in [0.25, 0.3) is 5.56 Å². The summed E-state index contributed by atoms with van der Waals surface area (Å²) >= 11 is 0. The molecule has 198 valence electrons. The fourth-order valence-corrected chi connectivity index (χ4v) is 5.81. The van der Waals surface area contributed by atoms with E-state index in [-0.39, 0.29) is 17.6 Å². The van der Waals surface area contributed by atoms with Crippen LogP contribution in [0.2, 0.25) is 0 Å². The Bertz CT molecular complexity index is 625. The monoisotopic (exact) mass is 478 g/mol. The number of alkyl halides is 1. The SMILES string of the molecule is CCCCCC(CCCCC)CC(CC)(CCCCCC(CCC)CCF)c1ccc(=O)[nH]n1. The van der Waals surface area contributed by atoms with E-state index in [4.69, 9.17) is 0 Å². The normalized spacial score (nSPS) is 14.4. The van der Waals surface area contributed by atoms with E-state index in [2.05, 4.69) is 37.9 Å². The Morgan fingerprint density at radius 3 is 1.97 bits per heavy atom. The van der Waals surface area contributed by atoms with Crippen molar-refractivity contribution in [3.8, 4) is 0 Å². The second-order valence-electron chi connectivity index (χ2n) is 10.7. The van der Waals surface area contributed by atoms with Crippen molar-refractivity contribution < 1.29 is 4.39 Å². The van der Waals surface area contributed by atoms with Gasteiger partial charge in [-0.15, -0.1) is 0 Å². The highest BCUT2D eigenvalue weighted by molar-refractivity contribution is 5.15. The summed E-state index contributed by atoms with van der Waals surface area (Å²) in [7, 11) is 0. The Labute approximate surface area is 210 Å². The lowest BCUT2D eigenvalue weighted by Crippen LogP contribution is -2.31. The summed E-state index contributed by atoms with van der Waals surface area (Å²) in [5.74, 6) is 1.28. The van der Waals surface area contributed by atoms with E-state index in [1.54, 1.807) is 6.07 Å². The highest BCUT2D eigenvalue weighted by atomic mass is 19.1. The van der Waals surface area contributed by atoms with Crippen LogP contribution in [0.1, 0.15) is 149 Å². The highest BCUT2D eigenvalue weighted by Gasteiger charge is 2.34. The first-order valence-electron chi connectivity index (χ1n) is 14.7. The summed E-state index contributed by atoms with van der Waals surface area (Å²) in [6.07, 6.45) is 21.6. The Kier molecular flexibility index (Phi) is 17.3. The predicted molar refractivity (Wildman–Crippen MR) is 145 cm³/mol. The third-order valence-electron chi connectivity index (χ3n) is 7.99. The molecule has 1 N–H and O–H groups in total. The van der Waals surface area contributed by atoms with Crippen LogP contribution in [0.25, 0.3) is 0 Å². The number of hydrogen-bond acceptors (Lipinski definition) is 2. The lowest BCUT2D eigenvalue weighted by molar-refractivity contribution is 0.241. The van der Waals surface area contributed by atoms with Crippen LogP contribution in [-0.2, 0) is 5.41 Å². The van der Waals surface area contributed by atoms with Gasteiger partial charge in [-0.2, -0.15) is 5.10 Å². The molecule has 0 spiro atoms. The highest BCUT2D eigenvalue weighted by Crippen LogP contribution is 2.41. The Balaban J connectivity index is 2.89. The summed E-state index contributed by atoms with van der Waals surface area (Å²) in [5, 5.41) is 7.29. The van der Waals surface area contributed by atoms with Crippen LogP contribution in [0, 0.1) is 11.8 Å². The standard InChI is InChI=1S/C30H55FN2O/c1-5-9-12-18-27(19-13-10-6-2)25-30(8-4,28-20-21-29(34)33-32-28)23-15-11-14-17-26(16-7-3)22-24-31/h20-21,26-27H,5-19,22-25H2,1-4H3,(H,33,34). The third-order valence-corrected chi connectivity index (χ3v) is 7.99. The number of H-pyrrole nitrogens is 1. The van der Waals surface area contributed by atoms with Crippen molar-refractivity contribution >= 4 is 0 Å². The minimum absolute atomic E-state index is 0.0368. The molecule has 34 heavy (non-hydrogen) atoms. The molecule has 1 aromatic rings. The largest absolute Gasteiger partial charge is 0.268 e. The number of halogens is 1. The Morgan fingerprint density at radius 2 is 1.44 bits per heavy atom. The van der Waals surface area contributed by atoms with E-state index in [9.17, 15) is 9.18 Å². The second-order valence-corrected chi connectivity index (χ2v) is 10.7. The smallest absolute Gasteiger partial charge is 0.264 e. The van der Waals surface area contributed by atoms with Crippen LogP contribution >= 0.6 is 0 Å². The molecule has 1 aromatic heterocycles. The Hall–Kier alpha value is -1.19. The van der Waals surface area contributed by atoms with Gasteiger partial charge >= 0.3 is 0 Å². The molecule has 4 heteroatoms. The van der Waals surface area contributed by atoms with E-state index >= 15 is 0 Å². The fraction of sp³-hybridized carbons (Fsp3) is 0.867. The molecule has 0 fully saturated rings. The van der Waals surface area contributed by atoms with Crippen LogP contribution in [0.5, 0.6) is 0 Å². The molecule has 0 saturated carbocycles. The zero-order chi connectivity index (χ0) is 25.1. The van der Waals surface area contributed by atoms with Crippen LogP contribution in [-0.4, -0.2) is 16.9 Å². The van der Waals surface area contributed by atoms with Crippen molar-refractivity contribution in [3.05, 3.63) is 28.2 Å². The van der Waals surface area contributed by atoms with Gasteiger partial charge in [0.05, 0.1) is 12.4 Å². The summed E-state index contributed by atoms with van der Waals surface area (Å²) in [6, 6.07) is 3.64. The molecule has 1 heterocycles. The molecule has 1 rings (SSSR count). The van der Waals surface area contributed by atoms with Crippen LogP contribution in [0.15, 0.2) is 16.9 Å². The molecule has 0 amide bonds. The number of nitrogens with one attached hydrogen (secondary N) is 1. The molecule has 0 aliphatic carbocycles. The molecule has 2 atom stereocenters. The first-order valence-corrected chi connectivity index (χ1v) is 14.7. The van der Waals surface area contributed by atoms with Gasteiger partial charge in [0.15, 0.2) is 0 Å². The van der Waals surface area contributed by atoms with Crippen molar-refractivity contribution in [1.29, 1.82) is 0 Å². The molecule has 0 aliphatic rings. The Morgan fingerprint density at radius 1 is 0.794 bits per heavy atom. The fourth-order valence-electron chi connectivity index (χ4n) is 5.81. The first-order chi connectivity index (χ1) is 16.5. The van der Waals surface area contributed by atoms with Gasteiger partial charge in [-0.25, -0.2) is 5.10 Å². The zero-order valence-electron chi connectivity index (χ0n) is 23.0. The topological polar surface area (TPSA) is 45.8 Å². The zero-order valence-corrected chi connectivity index (χ0v) is 23.0. The number of aromatic nitrogens is 2. The number of rotatable bonds is 22. The summed E-state index contributed by atoms with van der Waals surface area (Å²) < 4.78 is 12.9. The van der Waals surface area contributed by atoms with Gasteiger partial charge in [0.1, 0.15) is 0 Å². The van der Waals surface area contributed by atoms with Crippen molar-refractivity contribution in [3.63, 3.8) is 0 Å². The molecule has 0 aliphatic heterocycles. The number of nitrogens with zero attached hydrogens (tertiary/aromatic N) is 1. The van der Waals surface area contributed by atoms with Gasteiger partial charge in [0.2, 0.25) is 0 Å². The van der Waals surface area contributed by atoms with Crippen molar-refractivity contribution in [2.24, 2.45) is 11.8 Å². The molecular weight excluding hydrogens is 423 g/mol. The number of unbranched alkanes of at least 4 members (excludes halogenated alkanes) is 6. The maximum atomic E-state index is 12.9. The predicted octanol–water partition coefficient (Wildman–Crippen LogP) is 9.31. The first kappa shape index (κ1) is 30.8. The van der Waals surface area contributed by atoms with Gasteiger partial charge in [-0.05, 0) is 43.6 Å². The van der Waals surface area contributed by atoms with Crippen molar-refractivity contribution in [2.45, 2.75) is 149 Å². The molecular formula is C30H55FN2O. The quantitative estimate of drug-likeness (QED) is 0.169. The molecule has 0 aromatic carbocycles. The lowest BCUT2D eigenvalue weighted by Gasteiger charge is -2.36. The van der Waals surface area contributed by atoms with E-state index in [0.717, 1.165) is 50.1 Å². The molecule has 2 unspecified atom stereocenters. The van der Waals surface area contributed by atoms with E-state index < -0.39 is 0 Å². The maximum absolute atomic E-state index is 12.9. The summed E-state index contributed by atoms with van der Waals surface area (Å²) in [4.78, 5) is 11.7. The maximum Gasteiger partial charge on any atom is 0.264 e.